The Morgan fingerprint density at radius 2 is 1.96 bits per heavy atom. The number of hydrogen-bond acceptors (Lipinski definition) is 3. The Kier molecular flexibility index (Phi) is 4.75. The minimum Gasteiger partial charge on any atom is -0.342 e. The molecule has 0 spiro atoms. The van der Waals surface area contributed by atoms with Crippen LogP contribution in [0.25, 0.3) is 11.0 Å². The second kappa shape index (κ2) is 7.16. The lowest BCUT2D eigenvalue weighted by Crippen LogP contribution is -2.46. The quantitative estimate of drug-likeness (QED) is 0.862. The van der Waals surface area contributed by atoms with E-state index in [1.807, 2.05) is 12.4 Å². The zero-order valence-corrected chi connectivity index (χ0v) is 15.1. The summed E-state index contributed by atoms with van der Waals surface area (Å²) in [7, 11) is 0. The molecule has 2 aliphatic heterocycles. The molecule has 0 unspecified atom stereocenters. The normalized spacial score (nSPS) is 23.2. The molecule has 0 aliphatic carbocycles. The van der Waals surface area contributed by atoms with Gasteiger partial charge in [-0.2, -0.15) is 0 Å². The van der Waals surface area contributed by atoms with Crippen LogP contribution in [0.3, 0.4) is 0 Å². The molecule has 1 aromatic carbocycles. The van der Waals surface area contributed by atoms with E-state index in [0.29, 0.717) is 11.8 Å². The fraction of sp³-hybridized carbons (Fsp3) is 0.600. The fourth-order valence-electron chi connectivity index (χ4n) is 4.31. The summed E-state index contributed by atoms with van der Waals surface area (Å²) in [5, 5.41) is 0. The summed E-state index contributed by atoms with van der Waals surface area (Å²) in [6.07, 6.45) is 6.32. The van der Waals surface area contributed by atoms with Gasteiger partial charge < -0.3 is 9.47 Å². The van der Waals surface area contributed by atoms with Gasteiger partial charge in [0.1, 0.15) is 0 Å². The first-order chi connectivity index (χ1) is 12.2. The molecule has 25 heavy (non-hydrogen) atoms. The van der Waals surface area contributed by atoms with E-state index in [2.05, 4.69) is 44.5 Å². The van der Waals surface area contributed by atoms with Gasteiger partial charge in [0.2, 0.25) is 5.91 Å². The topological polar surface area (TPSA) is 41.4 Å². The Bertz CT molecular complexity index is 732. The van der Waals surface area contributed by atoms with Crippen LogP contribution in [0, 0.1) is 11.8 Å². The monoisotopic (exact) mass is 340 g/mol. The number of amides is 1. The smallest absolute Gasteiger partial charge is 0.225 e. The maximum Gasteiger partial charge on any atom is 0.225 e. The van der Waals surface area contributed by atoms with Gasteiger partial charge in [-0.3, -0.25) is 9.69 Å². The zero-order chi connectivity index (χ0) is 17.2. The second-order valence-electron chi connectivity index (χ2n) is 7.77. The van der Waals surface area contributed by atoms with E-state index in [1.165, 1.54) is 18.4 Å². The van der Waals surface area contributed by atoms with Gasteiger partial charge in [0, 0.05) is 32.1 Å². The predicted molar refractivity (Wildman–Crippen MR) is 99.0 cm³/mol. The van der Waals surface area contributed by atoms with Gasteiger partial charge in [-0.1, -0.05) is 19.1 Å². The highest BCUT2D eigenvalue weighted by atomic mass is 16.2. The molecule has 1 amide bonds. The number of likely N-dealkylation sites (tertiary alicyclic amines) is 2. The molecule has 2 aliphatic rings. The van der Waals surface area contributed by atoms with Gasteiger partial charge in [-0.05, 0) is 43.7 Å². The van der Waals surface area contributed by atoms with Crippen LogP contribution in [-0.4, -0.2) is 51.4 Å². The van der Waals surface area contributed by atoms with Crippen molar-refractivity contribution < 1.29 is 4.79 Å². The molecule has 2 saturated heterocycles. The number of aromatic nitrogens is 2. The van der Waals surface area contributed by atoms with Crippen LogP contribution in [0.5, 0.6) is 0 Å². The SMILES string of the molecule is C[C@@H]1CCCN(C(=O)C2CCN(Cn3cnc4ccccc43)CC2)C1. The van der Waals surface area contributed by atoms with E-state index < -0.39 is 0 Å². The molecule has 5 nitrogen and oxygen atoms in total. The van der Waals surface area contributed by atoms with Crippen LogP contribution in [0.1, 0.15) is 32.6 Å². The molecular weight excluding hydrogens is 312 g/mol. The maximum absolute atomic E-state index is 12.8. The Hall–Kier alpha value is -1.88. The lowest BCUT2D eigenvalue weighted by atomic mass is 9.93. The van der Waals surface area contributed by atoms with Gasteiger partial charge in [0.05, 0.1) is 24.0 Å². The number of carbonyl (C=O) groups is 1. The van der Waals surface area contributed by atoms with Crippen molar-refractivity contribution in [2.45, 2.75) is 39.3 Å². The highest BCUT2D eigenvalue weighted by Gasteiger charge is 2.30. The average molecular weight is 340 g/mol. The molecule has 0 radical (unpaired) electrons. The zero-order valence-electron chi connectivity index (χ0n) is 15.1. The molecular formula is C20H28N4O. The fourth-order valence-corrected chi connectivity index (χ4v) is 4.31. The molecule has 0 N–H and O–H groups in total. The molecule has 4 rings (SSSR count). The van der Waals surface area contributed by atoms with Crippen molar-refractivity contribution in [2.24, 2.45) is 11.8 Å². The van der Waals surface area contributed by atoms with E-state index >= 15 is 0 Å². The van der Waals surface area contributed by atoms with Crippen molar-refractivity contribution in [2.75, 3.05) is 26.2 Å². The number of carbonyl (C=O) groups excluding carboxylic acids is 1. The molecule has 2 fully saturated rings. The van der Waals surface area contributed by atoms with Gasteiger partial charge in [-0.15, -0.1) is 0 Å². The molecule has 134 valence electrons. The van der Waals surface area contributed by atoms with Gasteiger partial charge in [-0.25, -0.2) is 4.98 Å². The third-order valence-electron chi connectivity index (χ3n) is 5.79. The first-order valence-electron chi connectivity index (χ1n) is 9.62. The number of benzene rings is 1. The highest BCUT2D eigenvalue weighted by Crippen LogP contribution is 2.24. The van der Waals surface area contributed by atoms with Crippen molar-refractivity contribution in [3.63, 3.8) is 0 Å². The van der Waals surface area contributed by atoms with Crippen LogP contribution in [0.2, 0.25) is 0 Å². The average Bonchev–Trinajstić information content (AvgIpc) is 3.05. The number of fused-ring (bicyclic) bond motifs is 1. The van der Waals surface area contributed by atoms with Gasteiger partial charge >= 0.3 is 0 Å². The predicted octanol–water partition coefficient (Wildman–Crippen LogP) is 2.96. The van der Waals surface area contributed by atoms with Gasteiger partial charge in [0.25, 0.3) is 0 Å². The van der Waals surface area contributed by atoms with Crippen LogP contribution >= 0.6 is 0 Å². The van der Waals surface area contributed by atoms with Crippen LogP contribution in [0.4, 0.5) is 0 Å². The van der Waals surface area contributed by atoms with E-state index in [9.17, 15) is 4.79 Å². The third-order valence-corrected chi connectivity index (χ3v) is 5.79. The Morgan fingerprint density at radius 1 is 1.16 bits per heavy atom. The molecule has 1 aromatic heterocycles. The van der Waals surface area contributed by atoms with Crippen molar-refractivity contribution in [3.05, 3.63) is 30.6 Å². The summed E-state index contributed by atoms with van der Waals surface area (Å²) in [5.74, 6) is 1.28. The lowest BCUT2D eigenvalue weighted by Gasteiger charge is -2.37. The third kappa shape index (κ3) is 3.56. The molecule has 3 heterocycles. The molecule has 0 bridgehead atoms. The summed E-state index contributed by atoms with van der Waals surface area (Å²) >= 11 is 0. The van der Waals surface area contributed by atoms with Gasteiger partial charge in [0.15, 0.2) is 0 Å². The first-order valence-corrected chi connectivity index (χ1v) is 9.62. The largest absolute Gasteiger partial charge is 0.342 e. The van der Waals surface area contributed by atoms with Crippen LogP contribution < -0.4 is 0 Å². The van der Waals surface area contributed by atoms with E-state index in [1.54, 1.807) is 0 Å². The minimum absolute atomic E-state index is 0.223. The highest BCUT2D eigenvalue weighted by molar-refractivity contribution is 5.79. The first kappa shape index (κ1) is 16.6. The second-order valence-corrected chi connectivity index (χ2v) is 7.77. The number of nitrogens with zero attached hydrogens (tertiary/aromatic N) is 4. The Labute approximate surface area is 149 Å². The van der Waals surface area contributed by atoms with Crippen LogP contribution in [-0.2, 0) is 11.5 Å². The number of hydrogen-bond donors (Lipinski definition) is 0. The van der Waals surface area contributed by atoms with E-state index in [0.717, 1.165) is 51.2 Å². The van der Waals surface area contributed by atoms with Crippen LogP contribution in [0.15, 0.2) is 30.6 Å². The Morgan fingerprint density at radius 3 is 2.76 bits per heavy atom. The summed E-state index contributed by atoms with van der Waals surface area (Å²) < 4.78 is 2.21. The number of piperidine rings is 2. The van der Waals surface area contributed by atoms with Crippen molar-refractivity contribution in [3.8, 4) is 0 Å². The minimum atomic E-state index is 0.223. The molecule has 0 saturated carbocycles. The van der Waals surface area contributed by atoms with E-state index in [4.69, 9.17) is 0 Å². The summed E-state index contributed by atoms with van der Waals surface area (Å²) in [5.41, 5.74) is 2.23. The number of rotatable bonds is 3. The standard InChI is InChI=1S/C20H28N4O/c1-16-5-4-10-23(13-16)20(25)17-8-11-22(12-9-17)15-24-14-21-18-6-2-3-7-19(18)24/h2-3,6-7,14,16-17H,4-5,8-13,15H2,1H3/t16-/m1/s1. The van der Waals surface area contributed by atoms with E-state index in [-0.39, 0.29) is 5.92 Å². The Balaban J connectivity index is 1.33. The number of imidazole rings is 1. The maximum atomic E-state index is 12.8. The summed E-state index contributed by atoms with van der Waals surface area (Å²) in [6, 6.07) is 8.26. The molecule has 1 atom stereocenters. The number of para-hydroxylation sites is 2. The van der Waals surface area contributed by atoms with Crippen molar-refractivity contribution in [1.82, 2.24) is 19.4 Å². The molecule has 2 aromatic rings. The lowest BCUT2D eigenvalue weighted by molar-refractivity contribution is -0.139. The van der Waals surface area contributed by atoms with Crippen molar-refractivity contribution in [1.29, 1.82) is 0 Å². The molecule has 5 heteroatoms. The van der Waals surface area contributed by atoms with Crippen molar-refractivity contribution >= 4 is 16.9 Å². The summed E-state index contributed by atoms with van der Waals surface area (Å²) in [6.45, 7) is 7.03. The summed E-state index contributed by atoms with van der Waals surface area (Å²) in [4.78, 5) is 21.8.